The Morgan fingerprint density at radius 3 is 2.84 bits per heavy atom. The third-order valence-corrected chi connectivity index (χ3v) is 5.76. The minimum Gasteiger partial charge on any atom is -0.356 e. The maximum absolute atomic E-state index is 4.75. The van der Waals surface area contributed by atoms with E-state index in [9.17, 15) is 0 Å². The van der Waals surface area contributed by atoms with E-state index < -0.39 is 0 Å². The minimum atomic E-state index is 0. The number of aromatic nitrogens is 2. The molecule has 2 aromatic rings. The van der Waals surface area contributed by atoms with Crippen LogP contribution >= 0.6 is 24.0 Å². The third kappa shape index (κ3) is 3.64. The highest BCUT2D eigenvalue weighted by molar-refractivity contribution is 14.0. The van der Waals surface area contributed by atoms with Crippen molar-refractivity contribution >= 4 is 35.6 Å². The minimum absolute atomic E-state index is 0. The van der Waals surface area contributed by atoms with Crippen LogP contribution < -0.4 is 5.32 Å². The smallest absolute Gasteiger partial charge is 0.193 e. The molecule has 1 saturated heterocycles. The monoisotopic (exact) mass is 453 g/mol. The fourth-order valence-corrected chi connectivity index (χ4v) is 4.16. The van der Waals surface area contributed by atoms with Crippen LogP contribution in [0.3, 0.4) is 0 Å². The first-order valence-electron chi connectivity index (χ1n) is 9.08. The zero-order valence-corrected chi connectivity index (χ0v) is 17.5. The van der Waals surface area contributed by atoms with E-state index in [0.29, 0.717) is 5.41 Å². The normalized spacial score (nSPS) is 19.1. The fraction of sp³-hybridized carbons (Fsp3) is 0.579. The standard InChI is InChI=1S/C19H27N5.HI/c1-15-5-3-11-23-13-16(22-17(15)23)6-10-21-18(20-2)24-12-9-19(14-24)7-4-8-19;/h3,5,11,13H,4,6-10,12,14H2,1-2H3,(H,20,21);1H. The Morgan fingerprint density at radius 2 is 2.20 bits per heavy atom. The molecule has 0 atom stereocenters. The van der Waals surface area contributed by atoms with Gasteiger partial charge in [-0.25, -0.2) is 4.98 Å². The number of imidazole rings is 1. The molecule has 1 N–H and O–H groups in total. The number of aryl methyl sites for hydroxylation is 1. The lowest BCUT2D eigenvalue weighted by Crippen LogP contribution is -2.43. The van der Waals surface area contributed by atoms with Crippen molar-refractivity contribution in [2.45, 2.75) is 39.0 Å². The zero-order valence-electron chi connectivity index (χ0n) is 15.2. The molecule has 2 fully saturated rings. The first-order valence-corrected chi connectivity index (χ1v) is 9.08. The number of nitrogens with one attached hydrogen (secondary N) is 1. The molecule has 136 valence electrons. The van der Waals surface area contributed by atoms with Crippen molar-refractivity contribution in [3.8, 4) is 0 Å². The van der Waals surface area contributed by atoms with E-state index in [4.69, 9.17) is 4.98 Å². The average molecular weight is 453 g/mol. The van der Waals surface area contributed by atoms with E-state index in [1.54, 1.807) is 0 Å². The van der Waals surface area contributed by atoms with Gasteiger partial charge in [0, 0.05) is 45.5 Å². The van der Waals surface area contributed by atoms with Crippen molar-refractivity contribution in [2.75, 3.05) is 26.7 Å². The molecular formula is C19H28IN5. The summed E-state index contributed by atoms with van der Waals surface area (Å²) in [4.78, 5) is 11.7. The topological polar surface area (TPSA) is 44.9 Å². The van der Waals surface area contributed by atoms with Gasteiger partial charge in [0.2, 0.25) is 0 Å². The molecular weight excluding hydrogens is 425 g/mol. The van der Waals surface area contributed by atoms with Gasteiger partial charge < -0.3 is 14.6 Å². The van der Waals surface area contributed by atoms with Gasteiger partial charge in [-0.3, -0.25) is 4.99 Å². The van der Waals surface area contributed by atoms with Crippen LogP contribution in [0.2, 0.25) is 0 Å². The van der Waals surface area contributed by atoms with Crippen LogP contribution in [0.4, 0.5) is 0 Å². The Hall–Kier alpha value is -1.31. The van der Waals surface area contributed by atoms with Gasteiger partial charge in [-0.2, -0.15) is 0 Å². The highest BCUT2D eigenvalue weighted by Crippen LogP contribution is 2.47. The molecule has 1 spiro atoms. The molecule has 5 nitrogen and oxygen atoms in total. The summed E-state index contributed by atoms with van der Waals surface area (Å²) in [6, 6.07) is 4.17. The number of rotatable bonds is 3. The Kier molecular flexibility index (Phi) is 5.55. The number of guanidine groups is 1. The molecule has 3 heterocycles. The SMILES string of the molecule is CN=C(NCCc1cn2cccc(C)c2n1)N1CCC2(CCC2)C1.I. The number of nitrogens with zero attached hydrogens (tertiary/aromatic N) is 4. The largest absolute Gasteiger partial charge is 0.356 e. The number of hydrogen-bond donors (Lipinski definition) is 1. The van der Waals surface area contributed by atoms with Crippen LogP contribution in [0.1, 0.15) is 36.9 Å². The third-order valence-electron chi connectivity index (χ3n) is 5.76. The quantitative estimate of drug-likeness (QED) is 0.441. The van der Waals surface area contributed by atoms with E-state index in [0.717, 1.165) is 36.8 Å². The molecule has 6 heteroatoms. The predicted molar refractivity (Wildman–Crippen MR) is 113 cm³/mol. The van der Waals surface area contributed by atoms with Gasteiger partial charge in [0.05, 0.1) is 5.69 Å². The number of halogens is 1. The highest BCUT2D eigenvalue weighted by Gasteiger charge is 2.43. The second-order valence-corrected chi connectivity index (χ2v) is 7.40. The van der Waals surface area contributed by atoms with Gasteiger partial charge in [-0.05, 0) is 43.2 Å². The van der Waals surface area contributed by atoms with Crippen molar-refractivity contribution < 1.29 is 0 Å². The summed E-state index contributed by atoms with van der Waals surface area (Å²) in [6.07, 6.45) is 10.7. The molecule has 0 amide bonds. The molecule has 4 rings (SSSR count). The first-order chi connectivity index (χ1) is 11.7. The summed E-state index contributed by atoms with van der Waals surface area (Å²) in [5, 5.41) is 3.53. The van der Waals surface area contributed by atoms with Gasteiger partial charge in [0.15, 0.2) is 5.96 Å². The van der Waals surface area contributed by atoms with Gasteiger partial charge >= 0.3 is 0 Å². The van der Waals surface area contributed by atoms with Crippen molar-refractivity contribution in [3.05, 3.63) is 35.8 Å². The second-order valence-electron chi connectivity index (χ2n) is 7.40. The molecule has 1 aliphatic heterocycles. The van der Waals surface area contributed by atoms with E-state index in [2.05, 4.69) is 51.1 Å². The highest BCUT2D eigenvalue weighted by atomic mass is 127. The maximum atomic E-state index is 4.75. The number of aliphatic imine (C=N–C) groups is 1. The van der Waals surface area contributed by atoms with E-state index in [1.165, 1.54) is 37.8 Å². The Labute approximate surface area is 166 Å². The molecule has 1 saturated carbocycles. The molecule has 25 heavy (non-hydrogen) atoms. The number of hydrogen-bond acceptors (Lipinski definition) is 2. The summed E-state index contributed by atoms with van der Waals surface area (Å²) in [6.45, 7) is 5.31. The van der Waals surface area contributed by atoms with Gasteiger partial charge in [-0.15, -0.1) is 24.0 Å². The van der Waals surface area contributed by atoms with Crippen LogP contribution in [0.15, 0.2) is 29.5 Å². The number of fused-ring (bicyclic) bond motifs is 1. The Balaban J connectivity index is 0.00000182. The first kappa shape index (κ1) is 18.5. The number of likely N-dealkylation sites (tertiary alicyclic amines) is 1. The Morgan fingerprint density at radius 1 is 1.36 bits per heavy atom. The lowest BCUT2D eigenvalue weighted by Gasteiger charge is -2.38. The maximum Gasteiger partial charge on any atom is 0.193 e. The lowest BCUT2D eigenvalue weighted by molar-refractivity contribution is 0.151. The predicted octanol–water partition coefficient (Wildman–Crippen LogP) is 3.25. The van der Waals surface area contributed by atoms with Crippen LogP contribution in [-0.4, -0.2) is 46.9 Å². The van der Waals surface area contributed by atoms with Crippen molar-refractivity contribution in [3.63, 3.8) is 0 Å². The summed E-state index contributed by atoms with van der Waals surface area (Å²) in [5.41, 5.74) is 4.01. The molecule has 0 aromatic carbocycles. The summed E-state index contributed by atoms with van der Waals surface area (Å²) >= 11 is 0. The summed E-state index contributed by atoms with van der Waals surface area (Å²) in [5.74, 6) is 1.05. The van der Waals surface area contributed by atoms with E-state index in [1.807, 2.05) is 7.05 Å². The van der Waals surface area contributed by atoms with Gasteiger partial charge in [0.25, 0.3) is 0 Å². The van der Waals surface area contributed by atoms with Crippen molar-refractivity contribution in [2.24, 2.45) is 10.4 Å². The van der Waals surface area contributed by atoms with Crippen LogP contribution in [0, 0.1) is 12.3 Å². The van der Waals surface area contributed by atoms with E-state index in [-0.39, 0.29) is 24.0 Å². The Bertz CT molecular complexity index is 762. The second kappa shape index (κ2) is 7.51. The fourth-order valence-electron chi connectivity index (χ4n) is 4.16. The molecule has 0 bridgehead atoms. The molecule has 0 radical (unpaired) electrons. The number of pyridine rings is 1. The van der Waals surface area contributed by atoms with Gasteiger partial charge in [0.1, 0.15) is 5.65 Å². The summed E-state index contributed by atoms with van der Waals surface area (Å²) in [7, 11) is 1.89. The molecule has 2 aliphatic rings. The summed E-state index contributed by atoms with van der Waals surface area (Å²) < 4.78 is 2.11. The molecule has 2 aromatic heterocycles. The van der Waals surface area contributed by atoms with Gasteiger partial charge in [-0.1, -0.05) is 12.5 Å². The molecule has 0 unspecified atom stereocenters. The van der Waals surface area contributed by atoms with Crippen LogP contribution in [0.5, 0.6) is 0 Å². The zero-order chi connectivity index (χ0) is 16.6. The molecule has 1 aliphatic carbocycles. The lowest BCUT2D eigenvalue weighted by atomic mass is 9.68. The van der Waals surface area contributed by atoms with E-state index >= 15 is 0 Å². The van der Waals surface area contributed by atoms with Crippen LogP contribution in [-0.2, 0) is 6.42 Å². The average Bonchev–Trinajstić information content (AvgIpc) is 3.16. The van der Waals surface area contributed by atoms with Crippen molar-refractivity contribution in [1.82, 2.24) is 19.6 Å². The van der Waals surface area contributed by atoms with Crippen LogP contribution in [0.25, 0.3) is 5.65 Å². The van der Waals surface area contributed by atoms with Crippen molar-refractivity contribution in [1.29, 1.82) is 0 Å².